The van der Waals surface area contributed by atoms with Crippen LogP contribution in [0.1, 0.15) is 31.1 Å². The minimum absolute atomic E-state index is 0.0503. The van der Waals surface area contributed by atoms with Crippen molar-refractivity contribution in [3.05, 3.63) is 48.0 Å². The molecule has 154 valence electrons. The summed E-state index contributed by atoms with van der Waals surface area (Å²) in [5.41, 5.74) is 0.688. The van der Waals surface area contributed by atoms with Crippen LogP contribution in [0.25, 0.3) is 21.5 Å². The molecule has 3 aromatic carbocycles. The van der Waals surface area contributed by atoms with Gasteiger partial charge < -0.3 is 9.47 Å². The maximum atomic E-state index is 12.0. The molecule has 0 fully saturated rings. The summed E-state index contributed by atoms with van der Waals surface area (Å²) in [7, 11) is 0. The number of benzene rings is 3. The van der Waals surface area contributed by atoms with Gasteiger partial charge in [0, 0.05) is 38.6 Å². The number of Topliss-reactive ketones (excluding diaryl/α,β-unsaturated/α-hetero) is 1. The number of hydrogen-bond acceptors (Lipinski definition) is 5. The Hall–Kier alpha value is -1.85. The van der Waals surface area contributed by atoms with Gasteiger partial charge in [-0.1, -0.05) is 44.2 Å². The molecule has 0 atom stereocenters. The summed E-state index contributed by atoms with van der Waals surface area (Å²) in [5.74, 6) is 5.80. The SMILES string of the molecule is CCSCCOc1c2ccccc2c(OCCSCC)c2cc(C(C)=O)ccc12. The number of carbonyl (C=O) groups is 1. The van der Waals surface area contributed by atoms with Gasteiger partial charge in [0.2, 0.25) is 0 Å². The first-order valence-electron chi connectivity index (χ1n) is 10.1. The zero-order chi connectivity index (χ0) is 20.6. The molecule has 3 rings (SSSR count). The van der Waals surface area contributed by atoms with Gasteiger partial charge in [0.05, 0.1) is 13.2 Å². The van der Waals surface area contributed by atoms with Crippen LogP contribution in [0.4, 0.5) is 0 Å². The van der Waals surface area contributed by atoms with Gasteiger partial charge in [-0.15, -0.1) is 0 Å². The summed E-state index contributed by atoms with van der Waals surface area (Å²) in [6, 6.07) is 14.0. The lowest BCUT2D eigenvalue weighted by Crippen LogP contribution is -2.05. The van der Waals surface area contributed by atoms with Gasteiger partial charge in [-0.3, -0.25) is 4.79 Å². The highest BCUT2D eigenvalue weighted by atomic mass is 32.2. The van der Waals surface area contributed by atoms with E-state index >= 15 is 0 Å². The van der Waals surface area contributed by atoms with Crippen LogP contribution in [0.2, 0.25) is 0 Å². The molecule has 0 unspecified atom stereocenters. The predicted molar refractivity (Wildman–Crippen MR) is 128 cm³/mol. The number of carbonyl (C=O) groups excluding carboxylic acids is 1. The van der Waals surface area contributed by atoms with Crippen molar-refractivity contribution >= 4 is 50.9 Å². The highest BCUT2D eigenvalue weighted by Crippen LogP contribution is 2.43. The van der Waals surface area contributed by atoms with Gasteiger partial charge in [0.1, 0.15) is 11.5 Å². The monoisotopic (exact) mass is 428 g/mol. The number of hydrogen-bond donors (Lipinski definition) is 0. The molecule has 0 radical (unpaired) electrons. The molecular formula is C24H28O3S2. The molecule has 3 aromatic rings. The molecule has 0 aliphatic rings. The first kappa shape index (κ1) is 21.8. The normalized spacial score (nSPS) is 11.1. The molecule has 0 aromatic heterocycles. The standard InChI is InChI=1S/C24H28O3S2/c1-4-28-14-12-26-23-19-8-6-7-9-20(19)24(27-13-15-29-5-2)22-16-18(17(3)25)10-11-21(22)23/h6-11,16H,4-5,12-15H2,1-3H3. The Balaban J connectivity index is 2.14. The van der Waals surface area contributed by atoms with Crippen LogP contribution in [0.5, 0.6) is 11.5 Å². The van der Waals surface area contributed by atoms with Crippen molar-refractivity contribution in [3.8, 4) is 11.5 Å². The van der Waals surface area contributed by atoms with Gasteiger partial charge in [-0.05, 0) is 30.6 Å². The highest BCUT2D eigenvalue weighted by molar-refractivity contribution is 7.99. The average Bonchev–Trinajstić information content (AvgIpc) is 2.74. The molecule has 0 saturated carbocycles. The molecular weight excluding hydrogens is 400 g/mol. The van der Waals surface area contributed by atoms with Crippen molar-refractivity contribution in [2.24, 2.45) is 0 Å². The molecule has 3 nitrogen and oxygen atoms in total. The fraction of sp³-hybridized carbons (Fsp3) is 0.375. The molecule has 0 aliphatic heterocycles. The Bertz CT molecular complexity index is 985. The van der Waals surface area contributed by atoms with E-state index in [1.54, 1.807) is 6.92 Å². The molecule has 0 heterocycles. The quantitative estimate of drug-likeness (QED) is 0.199. The van der Waals surface area contributed by atoms with Crippen molar-refractivity contribution in [1.82, 2.24) is 0 Å². The fourth-order valence-corrected chi connectivity index (χ4v) is 4.30. The van der Waals surface area contributed by atoms with E-state index in [0.717, 1.165) is 56.1 Å². The summed E-state index contributed by atoms with van der Waals surface area (Å²) < 4.78 is 12.5. The first-order chi connectivity index (χ1) is 14.2. The van der Waals surface area contributed by atoms with Crippen LogP contribution >= 0.6 is 23.5 Å². The minimum Gasteiger partial charge on any atom is -0.491 e. The third-order valence-corrected chi connectivity index (χ3v) is 6.42. The molecule has 0 bridgehead atoms. The van der Waals surface area contributed by atoms with E-state index < -0.39 is 0 Å². The van der Waals surface area contributed by atoms with Gasteiger partial charge in [0.25, 0.3) is 0 Å². The lowest BCUT2D eigenvalue weighted by Gasteiger charge is -2.18. The Labute approximate surface area is 181 Å². The summed E-state index contributed by atoms with van der Waals surface area (Å²) in [6.45, 7) is 7.19. The van der Waals surface area contributed by atoms with E-state index in [-0.39, 0.29) is 5.78 Å². The largest absolute Gasteiger partial charge is 0.491 e. The fourth-order valence-electron chi connectivity index (χ4n) is 3.32. The van der Waals surface area contributed by atoms with E-state index in [2.05, 4.69) is 26.0 Å². The summed E-state index contributed by atoms with van der Waals surface area (Å²) >= 11 is 3.73. The van der Waals surface area contributed by atoms with Gasteiger partial charge >= 0.3 is 0 Å². The van der Waals surface area contributed by atoms with Crippen LogP contribution in [-0.4, -0.2) is 42.0 Å². The maximum Gasteiger partial charge on any atom is 0.159 e. The van der Waals surface area contributed by atoms with Crippen LogP contribution in [-0.2, 0) is 0 Å². The number of thioether (sulfide) groups is 2. The van der Waals surface area contributed by atoms with E-state index in [1.807, 2.05) is 53.9 Å². The second kappa shape index (κ2) is 10.8. The van der Waals surface area contributed by atoms with Crippen molar-refractivity contribution < 1.29 is 14.3 Å². The predicted octanol–water partition coefficient (Wildman–Crippen LogP) is 6.46. The first-order valence-corrected chi connectivity index (χ1v) is 12.4. The van der Waals surface area contributed by atoms with E-state index in [9.17, 15) is 4.79 Å². The summed E-state index contributed by atoms with van der Waals surface area (Å²) in [6.07, 6.45) is 0. The molecule has 0 spiro atoms. The number of ketones is 1. The molecule has 0 aliphatic carbocycles. The Morgan fingerprint density at radius 2 is 1.31 bits per heavy atom. The Kier molecular flexibility index (Phi) is 8.13. The Morgan fingerprint density at radius 1 is 0.793 bits per heavy atom. The van der Waals surface area contributed by atoms with Crippen molar-refractivity contribution in [1.29, 1.82) is 0 Å². The lowest BCUT2D eigenvalue weighted by molar-refractivity contribution is 0.101. The molecule has 0 N–H and O–H groups in total. The second-order valence-corrected chi connectivity index (χ2v) is 9.40. The average molecular weight is 429 g/mol. The van der Waals surface area contributed by atoms with Crippen LogP contribution in [0.15, 0.2) is 42.5 Å². The second-order valence-electron chi connectivity index (χ2n) is 6.61. The topological polar surface area (TPSA) is 35.5 Å². The van der Waals surface area contributed by atoms with Gasteiger partial charge in [-0.25, -0.2) is 0 Å². The highest BCUT2D eigenvalue weighted by Gasteiger charge is 2.17. The molecule has 0 amide bonds. The summed E-state index contributed by atoms with van der Waals surface area (Å²) in [5, 5.41) is 4.01. The van der Waals surface area contributed by atoms with Crippen LogP contribution in [0.3, 0.4) is 0 Å². The molecule has 0 saturated heterocycles. The Morgan fingerprint density at radius 3 is 1.83 bits per heavy atom. The van der Waals surface area contributed by atoms with E-state index in [1.165, 1.54) is 0 Å². The third kappa shape index (κ3) is 5.20. The van der Waals surface area contributed by atoms with Gasteiger partial charge in [-0.2, -0.15) is 23.5 Å². The van der Waals surface area contributed by atoms with E-state index in [0.29, 0.717) is 18.8 Å². The van der Waals surface area contributed by atoms with Gasteiger partial charge in [0.15, 0.2) is 5.78 Å². The smallest absolute Gasteiger partial charge is 0.159 e. The lowest BCUT2D eigenvalue weighted by atomic mass is 9.98. The van der Waals surface area contributed by atoms with Crippen LogP contribution < -0.4 is 9.47 Å². The van der Waals surface area contributed by atoms with Crippen LogP contribution in [0, 0.1) is 0 Å². The van der Waals surface area contributed by atoms with Crippen molar-refractivity contribution in [2.45, 2.75) is 20.8 Å². The maximum absolute atomic E-state index is 12.0. The van der Waals surface area contributed by atoms with Crippen molar-refractivity contribution in [3.63, 3.8) is 0 Å². The third-order valence-electron chi connectivity index (χ3n) is 4.69. The molecule has 5 heteroatoms. The van der Waals surface area contributed by atoms with Crippen molar-refractivity contribution in [2.75, 3.05) is 36.2 Å². The van der Waals surface area contributed by atoms with E-state index in [4.69, 9.17) is 9.47 Å². The number of fused-ring (bicyclic) bond motifs is 2. The zero-order valence-electron chi connectivity index (χ0n) is 17.3. The number of rotatable bonds is 11. The zero-order valence-corrected chi connectivity index (χ0v) is 19.0. The molecule has 29 heavy (non-hydrogen) atoms. The minimum atomic E-state index is 0.0503. The summed E-state index contributed by atoms with van der Waals surface area (Å²) in [4.78, 5) is 12.0. The number of ether oxygens (including phenoxy) is 2.